The minimum Gasteiger partial charge on any atom is -0.393 e. The fraction of sp³-hybridized carbons (Fsp3) is 0. The van der Waals surface area contributed by atoms with Gasteiger partial charge < -0.3 is 11.1 Å². The fourth-order valence-electron chi connectivity index (χ4n) is 1.64. The summed E-state index contributed by atoms with van der Waals surface area (Å²) in [5, 5.41) is 13.4. The molecule has 2 aromatic rings. The Morgan fingerprint density at radius 3 is 2.45 bits per heavy atom. The number of nitrogens with zero attached hydrogens (tertiary/aromatic N) is 1. The van der Waals surface area contributed by atoms with E-state index < -0.39 is 10.8 Å². The number of rotatable bonds is 3. The molecule has 0 radical (unpaired) electrons. The number of benzene rings is 2. The van der Waals surface area contributed by atoms with Gasteiger partial charge in [-0.15, -0.1) is 0 Å². The monoisotopic (exact) mass is 335 g/mol. The second-order valence-electron chi connectivity index (χ2n) is 3.96. The van der Waals surface area contributed by atoms with Crippen LogP contribution in [0.5, 0.6) is 0 Å². The number of hydrogen-bond donors (Lipinski definition) is 2. The van der Waals surface area contributed by atoms with Crippen LogP contribution in [0.15, 0.2) is 46.9 Å². The van der Waals surface area contributed by atoms with Crippen LogP contribution in [0.4, 0.5) is 17.1 Å². The molecule has 0 atom stereocenters. The van der Waals surface area contributed by atoms with Crippen molar-refractivity contribution in [2.24, 2.45) is 0 Å². The van der Waals surface area contributed by atoms with E-state index in [1.54, 1.807) is 24.3 Å². The second kappa shape index (κ2) is 5.70. The number of hydrogen-bond acceptors (Lipinski definition) is 4. The number of nitrogen functional groups attached to an aromatic ring is 1. The van der Waals surface area contributed by atoms with Gasteiger partial charge in [0, 0.05) is 16.2 Å². The third kappa shape index (κ3) is 2.94. The molecule has 7 heteroatoms. The number of para-hydroxylation sites is 1. The van der Waals surface area contributed by atoms with Gasteiger partial charge in [0.2, 0.25) is 0 Å². The SMILES string of the molecule is Nc1c(C(=O)Nc2ccc(Br)cc2)cccc1[N+](=O)[O-]. The Kier molecular flexibility index (Phi) is 3.99. The van der Waals surface area contributed by atoms with Crippen LogP contribution in [0, 0.1) is 10.1 Å². The molecular formula is C13H10BrN3O3. The summed E-state index contributed by atoms with van der Waals surface area (Å²) in [7, 11) is 0. The summed E-state index contributed by atoms with van der Waals surface area (Å²) in [6.07, 6.45) is 0. The van der Waals surface area contributed by atoms with Crippen LogP contribution in [-0.4, -0.2) is 10.8 Å². The Morgan fingerprint density at radius 2 is 1.85 bits per heavy atom. The number of carbonyl (C=O) groups excluding carboxylic acids is 1. The fourth-order valence-corrected chi connectivity index (χ4v) is 1.91. The smallest absolute Gasteiger partial charge is 0.292 e. The first kappa shape index (κ1) is 14.0. The maximum absolute atomic E-state index is 12.1. The number of nitrogens with two attached hydrogens (primary N) is 1. The predicted octanol–water partition coefficient (Wildman–Crippen LogP) is 3.19. The molecule has 0 heterocycles. The lowest BCUT2D eigenvalue weighted by molar-refractivity contribution is -0.383. The van der Waals surface area contributed by atoms with Gasteiger partial charge >= 0.3 is 0 Å². The molecule has 102 valence electrons. The van der Waals surface area contributed by atoms with Gasteiger partial charge in [0.05, 0.1) is 10.5 Å². The second-order valence-corrected chi connectivity index (χ2v) is 4.87. The molecule has 0 aliphatic heterocycles. The van der Waals surface area contributed by atoms with E-state index in [1.165, 1.54) is 18.2 Å². The van der Waals surface area contributed by atoms with Crippen molar-refractivity contribution in [3.63, 3.8) is 0 Å². The predicted molar refractivity (Wildman–Crippen MR) is 79.6 cm³/mol. The van der Waals surface area contributed by atoms with Crippen molar-refractivity contribution >= 4 is 38.9 Å². The van der Waals surface area contributed by atoms with E-state index >= 15 is 0 Å². The van der Waals surface area contributed by atoms with Gasteiger partial charge in [-0.3, -0.25) is 14.9 Å². The van der Waals surface area contributed by atoms with E-state index in [0.717, 1.165) is 4.47 Å². The summed E-state index contributed by atoms with van der Waals surface area (Å²) < 4.78 is 0.880. The normalized spacial score (nSPS) is 10.1. The van der Waals surface area contributed by atoms with E-state index in [9.17, 15) is 14.9 Å². The number of amides is 1. The Balaban J connectivity index is 2.28. The molecule has 0 unspecified atom stereocenters. The first-order valence-corrected chi connectivity index (χ1v) is 6.38. The summed E-state index contributed by atoms with van der Waals surface area (Å²) in [4.78, 5) is 22.2. The third-order valence-electron chi connectivity index (χ3n) is 2.63. The van der Waals surface area contributed by atoms with Crippen molar-refractivity contribution in [3.05, 3.63) is 62.6 Å². The zero-order valence-corrected chi connectivity index (χ0v) is 11.8. The van der Waals surface area contributed by atoms with E-state index in [1.807, 2.05) is 0 Å². The summed E-state index contributed by atoms with van der Waals surface area (Å²) in [6, 6.07) is 11.1. The Morgan fingerprint density at radius 1 is 1.20 bits per heavy atom. The Hall–Kier alpha value is -2.41. The number of nitro groups is 1. The van der Waals surface area contributed by atoms with Gasteiger partial charge in [0.15, 0.2) is 0 Å². The van der Waals surface area contributed by atoms with Gasteiger partial charge in [-0.05, 0) is 30.3 Å². The molecule has 0 aromatic heterocycles. The largest absolute Gasteiger partial charge is 0.393 e. The zero-order chi connectivity index (χ0) is 14.7. The molecule has 2 rings (SSSR count). The van der Waals surface area contributed by atoms with Crippen LogP contribution in [-0.2, 0) is 0 Å². The summed E-state index contributed by atoms with van der Waals surface area (Å²) >= 11 is 3.29. The molecule has 0 saturated heterocycles. The van der Waals surface area contributed by atoms with E-state index in [0.29, 0.717) is 5.69 Å². The standard InChI is InChI=1S/C13H10BrN3O3/c14-8-4-6-9(7-5-8)16-13(18)10-2-1-3-11(12(10)15)17(19)20/h1-7H,15H2,(H,16,18). The molecule has 6 nitrogen and oxygen atoms in total. The quantitative estimate of drug-likeness (QED) is 0.511. The highest BCUT2D eigenvalue weighted by molar-refractivity contribution is 9.10. The van der Waals surface area contributed by atoms with Gasteiger partial charge in [-0.25, -0.2) is 0 Å². The maximum atomic E-state index is 12.1. The highest BCUT2D eigenvalue weighted by atomic mass is 79.9. The summed E-state index contributed by atoms with van der Waals surface area (Å²) in [6.45, 7) is 0. The number of nitrogens with one attached hydrogen (secondary N) is 1. The maximum Gasteiger partial charge on any atom is 0.292 e. The van der Waals surface area contributed by atoms with Crippen molar-refractivity contribution < 1.29 is 9.72 Å². The highest BCUT2D eigenvalue weighted by Gasteiger charge is 2.18. The molecule has 1 amide bonds. The molecule has 0 saturated carbocycles. The zero-order valence-electron chi connectivity index (χ0n) is 10.2. The van der Waals surface area contributed by atoms with Crippen molar-refractivity contribution in [3.8, 4) is 0 Å². The van der Waals surface area contributed by atoms with Gasteiger partial charge in [-0.1, -0.05) is 22.0 Å². The molecule has 2 aromatic carbocycles. The van der Waals surface area contributed by atoms with Crippen LogP contribution in [0.3, 0.4) is 0 Å². The molecule has 0 spiro atoms. The van der Waals surface area contributed by atoms with Crippen LogP contribution in [0.2, 0.25) is 0 Å². The average molecular weight is 336 g/mol. The molecule has 0 fully saturated rings. The van der Waals surface area contributed by atoms with Crippen molar-refractivity contribution in [2.75, 3.05) is 11.1 Å². The highest BCUT2D eigenvalue weighted by Crippen LogP contribution is 2.25. The lowest BCUT2D eigenvalue weighted by Crippen LogP contribution is -2.14. The van der Waals surface area contributed by atoms with Crippen molar-refractivity contribution in [1.29, 1.82) is 0 Å². The Bertz CT molecular complexity index is 671. The number of halogens is 1. The van der Waals surface area contributed by atoms with Crippen molar-refractivity contribution in [2.45, 2.75) is 0 Å². The molecular weight excluding hydrogens is 326 g/mol. The van der Waals surface area contributed by atoms with Gasteiger partial charge in [0.25, 0.3) is 11.6 Å². The number of nitro benzene ring substituents is 1. The summed E-state index contributed by atoms with van der Waals surface area (Å²) in [5.74, 6) is -0.492. The minimum atomic E-state index is -0.619. The van der Waals surface area contributed by atoms with E-state index in [4.69, 9.17) is 5.73 Å². The lowest BCUT2D eigenvalue weighted by atomic mass is 10.1. The van der Waals surface area contributed by atoms with Gasteiger partial charge in [0.1, 0.15) is 5.69 Å². The minimum absolute atomic E-state index is 0.0714. The van der Waals surface area contributed by atoms with Crippen molar-refractivity contribution in [1.82, 2.24) is 0 Å². The molecule has 3 N–H and O–H groups in total. The van der Waals surface area contributed by atoms with Crippen LogP contribution < -0.4 is 11.1 Å². The summed E-state index contributed by atoms with van der Waals surface area (Å²) in [5.41, 5.74) is 5.87. The molecule has 0 aliphatic rings. The molecule has 20 heavy (non-hydrogen) atoms. The van der Waals surface area contributed by atoms with Crippen LogP contribution in [0.25, 0.3) is 0 Å². The first-order chi connectivity index (χ1) is 9.49. The molecule has 0 bridgehead atoms. The van der Waals surface area contributed by atoms with Gasteiger partial charge in [-0.2, -0.15) is 0 Å². The topological polar surface area (TPSA) is 98.3 Å². The Labute approximate surface area is 122 Å². The number of carbonyl (C=O) groups is 1. The van der Waals surface area contributed by atoms with Crippen LogP contribution >= 0.6 is 15.9 Å². The van der Waals surface area contributed by atoms with E-state index in [-0.39, 0.29) is 16.9 Å². The lowest BCUT2D eigenvalue weighted by Gasteiger charge is -2.07. The van der Waals surface area contributed by atoms with Crippen LogP contribution in [0.1, 0.15) is 10.4 Å². The molecule has 0 aliphatic carbocycles. The average Bonchev–Trinajstić information content (AvgIpc) is 2.41. The first-order valence-electron chi connectivity index (χ1n) is 5.59. The number of anilines is 2. The third-order valence-corrected chi connectivity index (χ3v) is 3.16. The van der Waals surface area contributed by atoms with E-state index in [2.05, 4.69) is 21.2 Å².